The highest BCUT2D eigenvalue weighted by Gasteiger charge is 2.07. The molecule has 0 fully saturated rings. The van der Waals surface area contributed by atoms with Crippen molar-refractivity contribution in [2.24, 2.45) is 0 Å². The Morgan fingerprint density at radius 2 is 2.21 bits per heavy atom. The van der Waals surface area contributed by atoms with Crippen molar-refractivity contribution in [3.05, 3.63) is 35.4 Å². The first-order valence-corrected chi connectivity index (χ1v) is 5.94. The molecule has 0 saturated heterocycles. The van der Waals surface area contributed by atoms with Gasteiger partial charge in [0.15, 0.2) is 0 Å². The molecule has 19 heavy (non-hydrogen) atoms. The van der Waals surface area contributed by atoms with Gasteiger partial charge >= 0.3 is 5.97 Å². The number of hydrogen-bond donors (Lipinski definition) is 2. The molecule has 104 valence electrons. The highest BCUT2D eigenvalue weighted by atomic mass is 16.5. The van der Waals surface area contributed by atoms with Gasteiger partial charge in [0, 0.05) is 24.7 Å². The third kappa shape index (κ3) is 5.11. The molecule has 0 bridgehead atoms. The molecule has 2 N–H and O–H groups in total. The van der Waals surface area contributed by atoms with Crippen LogP contribution in [-0.4, -0.2) is 48.4 Å². The summed E-state index contributed by atoms with van der Waals surface area (Å²) in [6.07, 6.45) is 2.64. The van der Waals surface area contributed by atoms with E-state index in [4.69, 9.17) is 14.9 Å². The topological polar surface area (TPSA) is 70.0 Å². The normalized spacial score (nSPS) is 11.2. The Morgan fingerprint density at radius 1 is 1.47 bits per heavy atom. The second-order valence-electron chi connectivity index (χ2n) is 4.20. The maximum atomic E-state index is 10.5. The van der Waals surface area contributed by atoms with Crippen LogP contribution in [0.1, 0.15) is 11.1 Å². The van der Waals surface area contributed by atoms with Crippen LogP contribution in [0.4, 0.5) is 0 Å². The number of nitrogens with zero attached hydrogens (tertiary/aromatic N) is 1. The SMILES string of the molecule is COc1ccc(C=CC(=O)O)cc1CN(C)CCO. The molecule has 0 heterocycles. The molecule has 0 saturated carbocycles. The number of methoxy groups -OCH3 is 1. The van der Waals surface area contributed by atoms with Crippen LogP contribution in [0.2, 0.25) is 0 Å². The van der Waals surface area contributed by atoms with Gasteiger partial charge in [0.2, 0.25) is 0 Å². The van der Waals surface area contributed by atoms with E-state index in [0.717, 1.165) is 23.0 Å². The molecule has 0 aromatic heterocycles. The van der Waals surface area contributed by atoms with Gasteiger partial charge in [-0.2, -0.15) is 0 Å². The lowest BCUT2D eigenvalue weighted by Crippen LogP contribution is -2.21. The monoisotopic (exact) mass is 265 g/mol. The quantitative estimate of drug-likeness (QED) is 0.725. The van der Waals surface area contributed by atoms with Crippen LogP contribution in [0.3, 0.4) is 0 Å². The lowest BCUT2D eigenvalue weighted by Gasteiger charge is -2.17. The largest absolute Gasteiger partial charge is 0.496 e. The first kappa shape index (κ1) is 15.2. The zero-order valence-electron chi connectivity index (χ0n) is 11.2. The maximum Gasteiger partial charge on any atom is 0.328 e. The number of aliphatic hydroxyl groups excluding tert-OH is 1. The summed E-state index contributed by atoms with van der Waals surface area (Å²) in [4.78, 5) is 12.5. The van der Waals surface area contributed by atoms with Gasteiger partial charge in [-0.1, -0.05) is 6.07 Å². The van der Waals surface area contributed by atoms with Crippen LogP contribution < -0.4 is 4.74 Å². The van der Waals surface area contributed by atoms with Crippen molar-refractivity contribution in [1.82, 2.24) is 4.90 Å². The highest BCUT2D eigenvalue weighted by molar-refractivity contribution is 5.85. The molecule has 0 amide bonds. The summed E-state index contributed by atoms with van der Waals surface area (Å²) in [6.45, 7) is 1.29. The fourth-order valence-corrected chi connectivity index (χ4v) is 1.73. The third-order valence-corrected chi connectivity index (χ3v) is 2.64. The van der Waals surface area contributed by atoms with Crippen molar-refractivity contribution < 1.29 is 19.7 Å². The average Bonchev–Trinajstić information content (AvgIpc) is 2.36. The van der Waals surface area contributed by atoms with E-state index < -0.39 is 5.97 Å². The number of aliphatic carboxylic acids is 1. The van der Waals surface area contributed by atoms with Gasteiger partial charge in [-0.3, -0.25) is 4.90 Å². The number of benzene rings is 1. The Balaban J connectivity index is 2.92. The second-order valence-corrected chi connectivity index (χ2v) is 4.20. The van der Waals surface area contributed by atoms with Crippen LogP contribution >= 0.6 is 0 Å². The van der Waals surface area contributed by atoms with Crippen molar-refractivity contribution in [2.75, 3.05) is 27.3 Å². The van der Waals surface area contributed by atoms with Crippen LogP contribution in [0.15, 0.2) is 24.3 Å². The first-order valence-electron chi connectivity index (χ1n) is 5.94. The summed E-state index contributed by atoms with van der Waals surface area (Å²) < 4.78 is 5.28. The van der Waals surface area contributed by atoms with E-state index >= 15 is 0 Å². The molecule has 1 rings (SSSR count). The maximum absolute atomic E-state index is 10.5. The van der Waals surface area contributed by atoms with E-state index in [2.05, 4.69) is 0 Å². The smallest absolute Gasteiger partial charge is 0.328 e. The molecule has 5 nitrogen and oxygen atoms in total. The fourth-order valence-electron chi connectivity index (χ4n) is 1.73. The van der Waals surface area contributed by atoms with Crippen molar-refractivity contribution in [3.8, 4) is 5.75 Å². The number of carboxylic acid groups (broad SMARTS) is 1. The van der Waals surface area contributed by atoms with Gasteiger partial charge in [0.1, 0.15) is 5.75 Å². The number of carbonyl (C=O) groups is 1. The molecule has 0 aliphatic carbocycles. The first-order chi connectivity index (χ1) is 9.06. The lowest BCUT2D eigenvalue weighted by atomic mass is 10.1. The van der Waals surface area contributed by atoms with E-state index in [9.17, 15) is 4.79 Å². The summed E-state index contributed by atoms with van der Waals surface area (Å²) in [7, 11) is 3.49. The standard InChI is InChI=1S/C14H19NO4/c1-15(7-8-16)10-12-9-11(4-6-14(17)18)3-5-13(12)19-2/h3-6,9,16H,7-8,10H2,1-2H3,(H,17,18). The van der Waals surface area contributed by atoms with E-state index in [1.54, 1.807) is 13.2 Å². The summed E-state index contributed by atoms with van der Waals surface area (Å²) in [5, 5.41) is 17.5. The molecule has 5 heteroatoms. The third-order valence-electron chi connectivity index (χ3n) is 2.64. The minimum absolute atomic E-state index is 0.0947. The van der Waals surface area contributed by atoms with E-state index in [0.29, 0.717) is 13.1 Å². The molecule has 1 aromatic carbocycles. The second kappa shape index (κ2) is 7.56. The Morgan fingerprint density at radius 3 is 2.79 bits per heavy atom. The minimum Gasteiger partial charge on any atom is -0.496 e. The Kier molecular flexibility index (Phi) is 6.05. The molecule has 1 aromatic rings. The zero-order chi connectivity index (χ0) is 14.3. The average molecular weight is 265 g/mol. The van der Waals surface area contributed by atoms with Crippen LogP contribution in [0.5, 0.6) is 5.75 Å². The molecular formula is C14H19NO4. The van der Waals surface area contributed by atoms with E-state index in [-0.39, 0.29) is 6.61 Å². The highest BCUT2D eigenvalue weighted by Crippen LogP contribution is 2.22. The number of ether oxygens (including phenoxy) is 1. The van der Waals surface area contributed by atoms with Gasteiger partial charge in [-0.05, 0) is 30.8 Å². The summed E-state index contributed by atoms with van der Waals surface area (Å²) in [6, 6.07) is 5.49. The number of rotatable bonds is 7. The molecule has 0 atom stereocenters. The summed E-state index contributed by atoms with van der Waals surface area (Å²) >= 11 is 0. The van der Waals surface area contributed by atoms with Crippen molar-refractivity contribution in [1.29, 1.82) is 0 Å². The number of carboxylic acids is 1. The number of likely N-dealkylation sites (N-methyl/N-ethyl adjacent to an activating group) is 1. The number of aliphatic hydroxyl groups is 1. The van der Waals surface area contributed by atoms with Crippen LogP contribution in [-0.2, 0) is 11.3 Å². The van der Waals surface area contributed by atoms with Crippen LogP contribution in [0.25, 0.3) is 6.08 Å². The van der Waals surface area contributed by atoms with Gasteiger partial charge < -0.3 is 14.9 Å². The van der Waals surface area contributed by atoms with E-state index in [1.807, 2.05) is 24.1 Å². The Bertz CT molecular complexity index is 457. The van der Waals surface area contributed by atoms with Crippen molar-refractivity contribution >= 4 is 12.0 Å². The fraction of sp³-hybridized carbons (Fsp3) is 0.357. The minimum atomic E-state index is -0.977. The lowest BCUT2D eigenvalue weighted by molar-refractivity contribution is -0.131. The molecular weight excluding hydrogens is 246 g/mol. The molecule has 0 aliphatic rings. The zero-order valence-corrected chi connectivity index (χ0v) is 11.2. The molecule has 0 unspecified atom stereocenters. The van der Waals surface area contributed by atoms with Gasteiger partial charge in [-0.15, -0.1) is 0 Å². The van der Waals surface area contributed by atoms with Crippen LogP contribution in [0, 0.1) is 0 Å². The number of hydrogen-bond acceptors (Lipinski definition) is 4. The Hall–Kier alpha value is -1.85. The van der Waals surface area contributed by atoms with Gasteiger partial charge in [0.25, 0.3) is 0 Å². The summed E-state index contributed by atoms with van der Waals surface area (Å²) in [5.41, 5.74) is 1.75. The molecule has 0 aliphatic heterocycles. The van der Waals surface area contributed by atoms with E-state index in [1.165, 1.54) is 6.08 Å². The summed E-state index contributed by atoms with van der Waals surface area (Å²) in [5.74, 6) is -0.230. The van der Waals surface area contributed by atoms with Gasteiger partial charge in [0.05, 0.1) is 13.7 Å². The predicted molar refractivity (Wildman–Crippen MR) is 73.1 cm³/mol. The Labute approximate surface area is 112 Å². The van der Waals surface area contributed by atoms with Gasteiger partial charge in [-0.25, -0.2) is 4.79 Å². The molecule has 0 radical (unpaired) electrons. The predicted octanol–water partition coefficient (Wildman–Crippen LogP) is 1.22. The molecule has 0 spiro atoms. The van der Waals surface area contributed by atoms with Crippen molar-refractivity contribution in [2.45, 2.75) is 6.54 Å². The van der Waals surface area contributed by atoms with Crippen molar-refractivity contribution in [3.63, 3.8) is 0 Å².